The van der Waals surface area contributed by atoms with E-state index in [4.69, 9.17) is 4.74 Å². The molecule has 1 fully saturated rings. The summed E-state index contributed by atoms with van der Waals surface area (Å²) >= 11 is 0. The fraction of sp³-hybridized carbons (Fsp3) is 0.321. The molecule has 0 amide bonds. The summed E-state index contributed by atoms with van der Waals surface area (Å²) in [6, 6.07) is 15.7. The lowest BCUT2D eigenvalue weighted by molar-refractivity contribution is -0.659. The summed E-state index contributed by atoms with van der Waals surface area (Å²) in [6.45, 7) is 4.45. The van der Waals surface area contributed by atoms with Gasteiger partial charge in [-0.25, -0.2) is 0 Å². The lowest BCUT2D eigenvalue weighted by atomic mass is 9.89. The third kappa shape index (κ3) is 2.59. The number of hydrogen-bond donors (Lipinski definition) is 0. The molecule has 2 aliphatic rings. The maximum atomic E-state index is 6.59. The van der Waals surface area contributed by atoms with Gasteiger partial charge in [0.1, 0.15) is 12.8 Å². The Balaban J connectivity index is 1.59. The van der Waals surface area contributed by atoms with E-state index in [2.05, 4.69) is 74.1 Å². The molecule has 150 valence electrons. The monoisotopic (exact) mass is 394 g/mol. The molecule has 1 aromatic heterocycles. The van der Waals surface area contributed by atoms with Crippen LogP contribution in [0.3, 0.4) is 0 Å². The van der Waals surface area contributed by atoms with Crippen molar-refractivity contribution in [3.05, 3.63) is 65.4 Å². The molecule has 1 aliphatic heterocycles. The Morgan fingerprint density at radius 1 is 1.00 bits per heavy atom. The number of aryl methyl sites for hydroxylation is 2. The molecule has 0 atom stereocenters. The van der Waals surface area contributed by atoms with Crippen molar-refractivity contribution in [2.75, 3.05) is 0 Å². The second-order valence-electron chi connectivity index (χ2n) is 9.34. The van der Waals surface area contributed by atoms with Crippen molar-refractivity contribution in [1.29, 1.82) is 0 Å². The SMILES string of the molecule is Cc1cc2cccc3c2c(c1C)-c1c(c2ccc(CC4CCCC4)cc2c[n+]1C)O3. The van der Waals surface area contributed by atoms with Gasteiger partial charge in [0.25, 0.3) is 5.69 Å². The predicted octanol–water partition coefficient (Wildman–Crippen LogP) is 6.94. The Morgan fingerprint density at radius 2 is 1.83 bits per heavy atom. The van der Waals surface area contributed by atoms with Crippen LogP contribution >= 0.6 is 0 Å². The molecule has 2 nitrogen and oxygen atoms in total. The van der Waals surface area contributed by atoms with E-state index in [9.17, 15) is 0 Å². The van der Waals surface area contributed by atoms with Crippen molar-refractivity contribution in [3.8, 4) is 22.8 Å². The molecule has 0 N–H and O–H groups in total. The molecule has 0 unspecified atom stereocenters. The molecule has 0 spiro atoms. The van der Waals surface area contributed by atoms with E-state index in [0.717, 1.165) is 17.4 Å². The van der Waals surface area contributed by atoms with E-state index in [1.54, 1.807) is 0 Å². The summed E-state index contributed by atoms with van der Waals surface area (Å²) < 4.78 is 8.86. The van der Waals surface area contributed by atoms with E-state index >= 15 is 0 Å². The minimum absolute atomic E-state index is 0.861. The standard InChI is InChI=1S/C28H28NO/c1-17-13-21-9-6-10-24-26(21)25(18(17)2)27-28(30-24)23-12-11-20(14-19-7-4-5-8-19)15-22(23)16-29(27)3/h6,9-13,15-16,19H,4-5,7-8,14H2,1-3H3/q+1. The van der Waals surface area contributed by atoms with Crippen molar-refractivity contribution in [1.82, 2.24) is 0 Å². The number of nitrogens with zero attached hydrogens (tertiary/aromatic N) is 1. The van der Waals surface area contributed by atoms with Crippen molar-refractivity contribution < 1.29 is 9.30 Å². The first-order valence-corrected chi connectivity index (χ1v) is 11.3. The first-order chi connectivity index (χ1) is 14.6. The number of ether oxygens (including phenoxy) is 1. The van der Waals surface area contributed by atoms with Crippen LogP contribution in [-0.4, -0.2) is 0 Å². The third-order valence-corrected chi connectivity index (χ3v) is 7.36. The second-order valence-corrected chi connectivity index (χ2v) is 9.34. The highest BCUT2D eigenvalue weighted by Crippen LogP contribution is 2.49. The molecule has 1 aliphatic carbocycles. The lowest BCUT2D eigenvalue weighted by Crippen LogP contribution is -2.32. The highest BCUT2D eigenvalue weighted by atomic mass is 16.5. The van der Waals surface area contributed by atoms with E-state index < -0.39 is 0 Å². The average molecular weight is 395 g/mol. The molecule has 6 rings (SSSR count). The smallest absolute Gasteiger partial charge is 0.257 e. The molecule has 30 heavy (non-hydrogen) atoms. The largest absolute Gasteiger partial charge is 0.449 e. The summed E-state index contributed by atoms with van der Waals surface area (Å²) in [5.41, 5.74) is 6.64. The zero-order valence-corrected chi connectivity index (χ0v) is 18.1. The van der Waals surface area contributed by atoms with E-state index in [1.807, 2.05) is 0 Å². The minimum atomic E-state index is 0.861. The van der Waals surface area contributed by atoms with Gasteiger partial charge in [0.2, 0.25) is 5.75 Å². The fourth-order valence-electron chi connectivity index (χ4n) is 5.71. The molecule has 0 saturated heterocycles. The number of rotatable bonds is 2. The van der Waals surface area contributed by atoms with Gasteiger partial charge in [0.05, 0.1) is 5.56 Å². The van der Waals surface area contributed by atoms with Gasteiger partial charge in [-0.1, -0.05) is 49.9 Å². The molecular weight excluding hydrogens is 366 g/mol. The Labute approximate surface area is 178 Å². The van der Waals surface area contributed by atoms with Crippen LogP contribution in [0, 0.1) is 19.8 Å². The average Bonchev–Trinajstić information content (AvgIpc) is 3.24. The van der Waals surface area contributed by atoms with E-state index in [0.29, 0.717) is 0 Å². The topological polar surface area (TPSA) is 13.1 Å². The Bertz CT molecular complexity index is 1330. The van der Waals surface area contributed by atoms with Crippen LogP contribution in [0.2, 0.25) is 0 Å². The van der Waals surface area contributed by atoms with E-state index in [1.165, 1.54) is 81.6 Å². The van der Waals surface area contributed by atoms with Gasteiger partial charge in [-0.15, -0.1) is 0 Å². The van der Waals surface area contributed by atoms with Gasteiger partial charge < -0.3 is 4.74 Å². The first-order valence-electron chi connectivity index (χ1n) is 11.3. The zero-order chi connectivity index (χ0) is 20.4. The van der Waals surface area contributed by atoms with Gasteiger partial charge in [0.15, 0.2) is 6.20 Å². The van der Waals surface area contributed by atoms with Crippen molar-refractivity contribution >= 4 is 21.5 Å². The number of hydrogen-bond acceptors (Lipinski definition) is 1. The van der Waals surface area contributed by atoms with Crippen LogP contribution in [0.15, 0.2) is 48.7 Å². The Hall–Kier alpha value is -2.87. The third-order valence-electron chi connectivity index (χ3n) is 7.36. The summed E-state index contributed by atoms with van der Waals surface area (Å²) in [6.07, 6.45) is 9.07. The van der Waals surface area contributed by atoms with Crippen LogP contribution in [-0.2, 0) is 13.5 Å². The molecule has 2 heterocycles. The Kier molecular flexibility index (Phi) is 3.93. The van der Waals surface area contributed by atoms with Crippen LogP contribution in [0.1, 0.15) is 42.4 Å². The van der Waals surface area contributed by atoms with Crippen molar-refractivity contribution in [2.45, 2.75) is 46.0 Å². The van der Waals surface area contributed by atoms with Crippen molar-refractivity contribution in [2.24, 2.45) is 13.0 Å². The number of pyridine rings is 1. The van der Waals surface area contributed by atoms with Gasteiger partial charge in [-0.3, -0.25) is 0 Å². The predicted molar refractivity (Wildman–Crippen MR) is 123 cm³/mol. The van der Waals surface area contributed by atoms with Gasteiger partial charge in [0, 0.05) is 16.2 Å². The molecule has 0 radical (unpaired) electrons. The summed E-state index contributed by atoms with van der Waals surface area (Å²) in [4.78, 5) is 0. The van der Waals surface area contributed by atoms with Crippen molar-refractivity contribution in [3.63, 3.8) is 0 Å². The summed E-state index contributed by atoms with van der Waals surface area (Å²) in [7, 11) is 2.16. The zero-order valence-electron chi connectivity index (χ0n) is 18.1. The molecular formula is C28H28NO+. The number of benzene rings is 3. The molecule has 2 heteroatoms. The van der Waals surface area contributed by atoms with Crippen LogP contribution in [0.25, 0.3) is 32.8 Å². The normalized spacial score (nSPS) is 15.6. The highest BCUT2D eigenvalue weighted by molar-refractivity contribution is 6.07. The lowest BCUT2D eigenvalue weighted by Gasteiger charge is -2.23. The summed E-state index contributed by atoms with van der Waals surface area (Å²) in [5, 5.41) is 4.97. The van der Waals surface area contributed by atoms with Crippen LogP contribution in [0.4, 0.5) is 0 Å². The molecule has 3 aromatic carbocycles. The maximum absolute atomic E-state index is 6.59. The number of fused-ring (bicyclic) bond motifs is 4. The maximum Gasteiger partial charge on any atom is 0.257 e. The highest BCUT2D eigenvalue weighted by Gasteiger charge is 2.31. The van der Waals surface area contributed by atoms with Gasteiger partial charge in [-0.05, 0) is 66.5 Å². The number of aromatic nitrogens is 1. The molecule has 4 aromatic rings. The molecule has 0 bridgehead atoms. The fourth-order valence-corrected chi connectivity index (χ4v) is 5.71. The van der Waals surface area contributed by atoms with Gasteiger partial charge in [-0.2, -0.15) is 4.57 Å². The molecule has 1 saturated carbocycles. The second kappa shape index (κ2) is 6.57. The summed E-state index contributed by atoms with van der Waals surface area (Å²) in [5.74, 6) is 2.83. The van der Waals surface area contributed by atoms with Crippen LogP contribution < -0.4 is 9.30 Å². The first kappa shape index (κ1) is 17.9. The van der Waals surface area contributed by atoms with E-state index in [-0.39, 0.29) is 0 Å². The minimum Gasteiger partial charge on any atom is -0.449 e. The van der Waals surface area contributed by atoms with Crippen LogP contribution in [0.5, 0.6) is 11.5 Å². The van der Waals surface area contributed by atoms with Gasteiger partial charge >= 0.3 is 0 Å². The quantitative estimate of drug-likeness (QED) is 0.296. The Morgan fingerprint density at radius 3 is 2.67 bits per heavy atom.